The number of carbonyl (C=O) groups is 3. The van der Waals surface area contributed by atoms with E-state index in [9.17, 15) is 27.6 Å². The van der Waals surface area contributed by atoms with E-state index >= 15 is 0 Å². The molecule has 3 aromatic carbocycles. The number of anilines is 1. The average molecular weight is 685 g/mol. The van der Waals surface area contributed by atoms with E-state index in [4.69, 9.17) is 9.15 Å². The van der Waals surface area contributed by atoms with Crippen molar-refractivity contribution in [3.05, 3.63) is 125 Å². The molecule has 0 saturated carbocycles. The summed E-state index contributed by atoms with van der Waals surface area (Å²) in [5.74, 6) is -3.22. The molecule has 2 aromatic heterocycles. The van der Waals surface area contributed by atoms with E-state index in [0.717, 1.165) is 10.1 Å². The zero-order chi connectivity index (χ0) is 35.0. The second-order valence-electron chi connectivity index (χ2n) is 11.2. The fraction of sp³-hybridized carbons (Fsp3) is 0.206. The number of Topliss-reactive ketones (excluding diaryl/α,β-unsaturated/α-hetero) is 1. The van der Waals surface area contributed by atoms with Crippen LogP contribution in [0.1, 0.15) is 36.0 Å². The van der Waals surface area contributed by atoms with Gasteiger partial charge in [-0.05, 0) is 23.6 Å². The lowest BCUT2D eigenvalue weighted by Crippen LogP contribution is -2.46. The number of ketones is 1. The molecule has 0 bridgehead atoms. The third kappa shape index (κ3) is 8.70. The number of aromatic nitrogens is 4. The topological polar surface area (TPSA) is 192 Å². The van der Waals surface area contributed by atoms with Gasteiger partial charge in [0.15, 0.2) is 9.84 Å². The average Bonchev–Trinajstić information content (AvgIpc) is 3.56. The number of rotatable bonds is 13. The van der Waals surface area contributed by atoms with Gasteiger partial charge in [-0.25, -0.2) is 18.2 Å². The van der Waals surface area contributed by atoms with Gasteiger partial charge in [-0.2, -0.15) is 0 Å². The van der Waals surface area contributed by atoms with Crippen LogP contribution in [0.5, 0.6) is 0 Å². The number of hydrogen-bond acceptors (Lipinski definition) is 11. The molecular formula is C34H32N6O8S. The molecule has 2 heterocycles. The smallest absolute Gasteiger partial charge is 0.412 e. The normalized spacial score (nSPS) is 11.9. The Kier molecular flexibility index (Phi) is 10.7. The van der Waals surface area contributed by atoms with Gasteiger partial charge in [0.2, 0.25) is 17.6 Å². The summed E-state index contributed by atoms with van der Waals surface area (Å²) in [5, 5.41) is 12.5. The monoisotopic (exact) mass is 684 g/mol. The number of benzene rings is 3. The Bertz CT molecular complexity index is 2100. The van der Waals surface area contributed by atoms with Crippen molar-refractivity contribution < 1.29 is 32.0 Å². The maximum Gasteiger partial charge on any atom is 0.412 e. The number of amides is 2. The summed E-state index contributed by atoms with van der Waals surface area (Å²) >= 11 is 0. The molecule has 49 heavy (non-hydrogen) atoms. The Morgan fingerprint density at radius 3 is 2.18 bits per heavy atom. The van der Waals surface area contributed by atoms with Crippen molar-refractivity contribution in [1.82, 2.24) is 25.1 Å². The summed E-state index contributed by atoms with van der Waals surface area (Å²) in [5.41, 5.74) is 0.290. The summed E-state index contributed by atoms with van der Waals surface area (Å²) in [6.45, 7) is 2.74. The molecule has 1 unspecified atom stereocenters. The minimum Gasteiger partial charge on any atom is -0.444 e. The van der Waals surface area contributed by atoms with Gasteiger partial charge in [-0.15, -0.1) is 10.2 Å². The quantitative estimate of drug-likeness (QED) is 0.170. The van der Waals surface area contributed by atoms with Crippen molar-refractivity contribution in [2.75, 3.05) is 5.32 Å². The molecule has 0 radical (unpaired) electrons. The number of sulfone groups is 1. The predicted molar refractivity (Wildman–Crippen MR) is 177 cm³/mol. The highest BCUT2D eigenvalue weighted by Gasteiger charge is 2.31. The molecule has 0 spiro atoms. The zero-order valence-corrected chi connectivity index (χ0v) is 27.3. The summed E-state index contributed by atoms with van der Waals surface area (Å²) < 4.78 is 37.2. The van der Waals surface area contributed by atoms with Gasteiger partial charge >= 0.3 is 6.09 Å². The third-order valence-electron chi connectivity index (χ3n) is 7.19. The van der Waals surface area contributed by atoms with Crippen LogP contribution in [0.3, 0.4) is 0 Å². The van der Waals surface area contributed by atoms with Crippen LogP contribution in [0.25, 0.3) is 11.4 Å². The summed E-state index contributed by atoms with van der Waals surface area (Å²) in [6.07, 6.45) is 0.279. The fourth-order valence-electron chi connectivity index (χ4n) is 4.73. The van der Waals surface area contributed by atoms with E-state index in [1.807, 2.05) is 6.07 Å². The molecule has 14 nitrogen and oxygen atoms in total. The maximum absolute atomic E-state index is 13.6. The minimum atomic E-state index is -3.82. The van der Waals surface area contributed by atoms with Crippen LogP contribution >= 0.6 is 0 Å². The molecular weight excluding hydrogens is 652 g/mol. The molecule has 0 aliphatic rings. The molecule has 15 heteroatoms. The third-order valence-corrected chi connectivity index (χ3v) is 8.81. The lowest BCUT2D eigenvalue weighted by atomic mass is 9.99. The fourth-order valence-corrected chi connectivity index (χ4v) is 5.91. The molecule has 0 fully saturated rings. The standard InChI is InChI=1S/C34H32N6O8S/c1-22(2)29(30(42)32-39-38-28(48-32)21-49(45,46)25-16-10-5-11-17-25)37-27(41)19-40-31(24-14-8-4-9-15-24)35-18-26(33(40)43)36-34(44)47-20-23-12-6-3-7-13-23/h3-18,22,29H,19-21H2,1-2H3,(H,36,44)(H,37,41). The van der Waals surface area contributed by atoms with Crippen LogP contribution in [-0.2, 0) is 38.3 Å². The lowest BCUT2D eigenvalue weighted by Gasteiger charge is -2.20. The number of nitrogens with one attached hydrogen (secondary N) is 2. The Labute approximate surface area is 281 Å². The first-order chi connectivity index (χ1) is 23.5. The van der Waals surface area contributed by atoms with Crippen molar-refractivity contribution in [3.63, 3.8) is 0 Å². The summed E-state index contributed by atoms with van der Waals surface area (Å²) in [4.78, 5) is 57.4. The maximum atomic E-state index is 13.6. The van der Waals surface area contributed by atoms with Gasteiger partial charge in [0.1, 0.15) is 30.4 Å². The van der Waals surface area contributed by atoms with Gasteiger partial charge in [-0.1, -0.05) is 92.7 Å². The second-order valence-corrected chi connectivity index (χ2v) is 13.2. The van der Waals surface area contributed by atoms with Crippen molar-refractivity contribution in [1.29, 1.82) is 0 Å². The number of carbonyl (C=O) groups excluding carboxylic acids is 3. The number of hydrogen-bond donors (Lipinski definition) is 2. The van der Waals surface area contributed by atoms with Crippen LogP contribution in [0.2, 0.25) is 0 Å². The van der Waals surface area contributed by atoms with Crippen LogP contribution in [0.15, 0.2) is 111 Å². The predicted octanol–water partition coefficient (Wildman–Crippen LogP) is 4.04. The molecule has 5 aromatic rings. The van der Waals surface area contributed by atoms with Crippen LogP contribution in [-0.4, -0.2) is 52.0 Å². The van der Waals surface area contributed by atoms with Gasteiger partial charge in [0.05, 0.1) is 17.1 Å². The van der Waals surface area contributed by atoms with Crippen LogP contribution in [0, 0.1) is 5.92 Å². The van der Waals surface area contributed by atoms with Crippen molar-refractivity contribution >= 4 is 33.3 Å². The van der Waals surface area contributed by atoms with Crippen LogP contribution in [0.4, 0.5) is 10.5 Å². The molecule has 2 N–H and O–H groups in total. The van der Waals surface area contributed by atoms with E-state index < -0.39 is 63.3 Å². The van der Waals surface area contributed by atoms with E-state index in [1.54, 1.807) is 86.6 Å². The zero-order valence-electron chi connectivity index (χ0n) is 26.5. The molecule has 1 atom stereocenters. The molecule has 0 aliphatic heterocycles. The van der Waals surface area contributed by atoms with E-state index in [2.05, 4.69) is 25.8 Å². The highest BCUT2D eigenvalue weighted by atomic mass is 32.2. The van der Waals surface area contributed by atoms with Gasteiger partial charge in [0.25, 0.3) is 11.4 Å². The molecule has 252 valence electrons. The number of ether oxygens (including phenoxy) is 1. The summed E-state index contributed by atoms with van der Waals surface area (Å²) in [6, 6.07) is 24.1. The highest BCUT2D eigenvalue weighted by molar-refractivity contribution is 7.90. The van der Waals surface area contributed by atoms with Crippen LogP contribution < -0.4 is 16.2 Å². The molecule has 0 aliphatic carbocycles. The first kappa shape index (κ1) is 34.4. The second kappa shape index (κ2) is 15.3. The molecule has 0 saturated heterocycles. The van der Waals surface area contributed by atoms with Crippen molar-refractivity contribution in [3.8, 4) is 11.4 Å². The first-order valence-corrected chi connectivity index (χ1v) is 16.7. The van der Waals surface area contributed by atoms with Crippen molar-refractivity contribution in [2.45, 2.75) is 43.7 Å². The van der Waals surface area contributed by atoms with Crippen molar-refractivity contribution in [2.24, 2.45) is 5.92 Å². The van der Waals surface area contributed by atoms with Gasteiger partial charge in [-0.3, -0.25) is 24.3 Å². The molecule has 5 rings (SSSR count). The Hall–Kier alpha value is -5.96. The van der Waals surface area contributed by atoms with E-state index in [0.29, 0.717) is 5.56 Å². The lowest BCUT2D eigenvalue weighted by molar-refractivity contribution is -0.122. The Morgan fingerprint density at radius 1 is 0.898 bits per heavy atom. The minimum absolute atomic E-state index is 0.0339. The van der Waals surface area contributed by atoms with Gasteiger partial charge < -0.3 is 14.5 Å². The number of nitrogens with zero attached hydrogens (tertiary/aromatic N) is 4. The Morgan fingerprint density at radius 2 is 1.53 bits per heavy atom. The Balaban J connectivity index is 1.33. The van der Waals surface area contributed by atoms with E-state index in [1.165, 1.54) is 18.3 Å². The summed E-state index contributed by atoms with van der Waals surface area (Å²) in [7, 11) is -3.82. The SMILES string of the molecule is CC(C)C(NC(=O)Cn1c(-c2ccccc2)ncc(NC(=O)OCc2ccccc2)c1=O)C(=O)c1nnc(CS(=O)(=O)c2ccccc2)o1. The largest absolute Gasteiger partial charge is 0.444 e. The first-order valence-electron chi connectivity index (χ1n) is 15.1. The van der Waals surface area contributed by atoms with Gasteiger partial charge in [0, 0.05) is 5.56 Å². The van der Waals surface area contributed by atoms with E-state index in [-0.39, 0.29) is 28.9 Å². The molecule has 2 amide bonds. The highest BCUT2D eigenvalue weighted by Crippen LogP contribution is 2.19.